The number of phenols is 1. The highest BCUT2D eigenvalue weighted by Crippen LogP contribution is 2.76. The molecule has 3 aliphatic carbocycles. The first-order valence-corrected chi connectivity index (χ1v) is 9.50. The zero-order chi connectivity index (χ0) is 20.3. The van der Waals surface area contributed by atoms with Gasteiger partial charge in [-0.25, -0.2) is 8.78 Å². The Labute approximate surface area is 165 Å². The Morgan fingerprint density at radius 1 is 1.07 bits per heavy atom. The molecule has 1 atom stereocenters. The van der Waals surface area contributed by atoms with Gasteiger partial charge in [0.25, 0.3) is 0 Å². The molecule has 29 heavy (non-hydrogen) atoms. The molecule has 150 valence electrons. The van der Waals surface area contributed by atoms with Crippen LogP contribution >= 0.6 is 0 Å². The first-order valence-electron chi connectivity index (χ1n) is 9.50. The maximum Gasteiger partial charge on any atom is 0.162 e. The van der Waals surface area contributed by atoms with Crippen molar-refractivity contribution in [2.24, 2.45) is 5.41 Å². The molecule has 3 aromatic rings. The number of rotatable bonds is 6. The van der Waals surface area contributed by atoms with E-state index in [1.807, 2.05) is 12.1 Å². The molecule has 0 amide bonds. The van der Waals surface area contributed by atoms with E-state index in [2.05, 4.69) is 15.4 Å². The molecule has 2 bridgehead atoms. The second-order valence-corrected chi connectivity index (χ2v) is 8.66. The Hall–Kier alpha value is -2.87. The van der Waals surface area contributed by atoms with Gasteiger partial charge in [0.1, 0.15) is 23.0 Å². The number of tetrazole rings is 1. The first-order chi connectivity index (χ1) is 13.8. The number of aromatic hydroxyl groups is 1. The fraction of sp³-hybridized carbons (Fsp3) is 0.381. The van der Waals surface area contributed by atoms with Crippen LogP contribution in [0.2, 0.25) is 0 Å². The number of aromatic nitrogens is 4. The molecule has 2 N–H and O–H groups in total. The third-order valence-corrected chi connectivity index (χ3v) is 6.51. The van der Waals surface area contributed by atoms with E-state index < -0.39 is 17.2 Å². The summed E-state index contributed by atoms with van der Waals surface area (Å²) in [7, 11) is 0. The van der Waals surface area contributed by atoms with Gasteiger partial charge in [-0.15, -0.1) is 10.2 Å². The summed E-state index contributed by atoms with van der Waals surface area (Å²) < 4.78 is 28.0. The van der Waals surface area contributed by atoms with Gasteiger partial charge in [-0.1, -0.05) is 18.2 Å². The molecule has 3 aliphatic rings. The predicted octanol–water partition coefficient (Wildman–Crippen LogP) is 3.06. The summed E-state index contributed by atoms with van der Waals surface area (Å²) in [5.74, 6) is -1.24. The largest absolute Gasteiger partial charge is 0.508 e. The maximum absolute atomic E-state index is 14.6. The minimum absolute atomic E-state index is 0.0413. The van der Waals surface area contributed by atoms with Crippen LogP contribution in [0.5, 0.6) is 5.75 Å². The lowest BCUT2D eigenvalue weighted by molar-refractivity contribution is -0.189. The Kier molecular flexibility index (Phi) is 3.80. The van der Waals surface area contributed by atoms with Crippen molar-refractivity contribution in [1.82, 2.24) is 20.2 Å². The van der Waals surface area contributed by atoms with Crippen LogP contribution in [-0.4, -0.2) is 30.4 Å². The molecule has 6 rings (SSSR count). The minimum Gasteiger partial charge on any atom is -0.508 e. The Balaban J connectivity index is 1.41. The van der Waals surface area contributed by atoms with Gasteiger partial charge in [0.2, 0.25) is 0 Å². The molecule has 0 saturated heterocycles. The lowest BCUT2D eigenvalue weighted by Gasteiger charge is -2.72. The monoisotopic (exact) mass is 398 g/mol. The van der Waals surface area contributed by atoms with Crippen molar-refractivity contribution in [3.05, 3.63) is 71.6 Å². The number of halogens is 2. The van der Waals surface area contributed by atoms with Gasteiger partial charge in [0, 0.05) is 11.6 Å². The van der Waals surface area contributed by atoms with E-state index in [9.17, 15) is 19.0 Å². The molecular weight excluding hydrogens is 378 g/mol. The van der Waals surface area contributed by atoms with E-state index in [1.54, 1.807) is 12.1 Å². The van der Waals surface area contributed by atoms with Gasteiger partial charge >= 0.3 is 0 Å². The molecule has 8 heteroatoms. The number of hydrogen-bond donors (Lipinski definition) is 2. The molecular formula is C21H20F2N4O2. The van der Waals surface area contributed by atoms with Gasteiger partial charge in [0.05, 0.1) is 6.54 Å². The van der Waals surface area contributed by atoms with Crippen LogP contribution < -0.4 is 0 Å². The van der Waals surface area contributed by atoms with E-state index in [0.717, 1.165) is 31.4 Å². The number of aliphatic hydroxyl groups is 1. The number of nitrogens with zero attached hydrogens (tertiary/aromatic N) is 4. The maximum atomic E-state index is 14.6. The third kappa shape index (κ3) is 2.90. The Bertz CT molecular complexity index is 1040. The molecule has 3 fully saturated rings. The number of phenolic OH excluding ortho intramolecular Hbond substituents is 1. The van der Waals surface area contributed by atoms with Gasteiger partial charge in [-0.2, -0.15) is 4.80 Å². The second kappa shape index (κ2) is 6.06. The summed E-state index contributed by atoms with van der Waals surface area (Å²) in [5, 5.41) is 32.4. The summed E-state index contributed by atoms with van der Waals surface area (Å²) in [6.07, 6.45) is 4.20. The van der Waals surface area contributed by atoms with Crippen molar-refractivity contribution in [3.8, 4) is 5.75 Å². The first kappa shape index (κ1) is 18.2. The predicted molar refractivity (Wildman–Crippen MR) is 98.8 cm³/mol. The molecule has 1 heterocycles. The van der Waals surface area contributed by atoms with Crippen molar-refractivity contribution < 1.29 is 19.0 Å². The van der Waals surface area contributed by atoms with Gasteiger partial charge in [-0.3, -0.25) is 0 Å². The molecule has 2 aromatic carbocycles. The highest BCUT2D eigenvalue weighted by Gasteiger charge is 2.69. The average molecular weight is 398 g/mol. The van der Waals surface area contributed by atoms with Crippen molar-refractivity contribution in [3.63, 3.8) is 0 Å². The van der Waals surface area contributed by atoms with Gasteiger partial charge in [-0.05, 0) is 65.5 Å². The van der Waals surface area contributed by atoms with E-state index >= 15 is 0 Å². The number of hydrogen-bond acceptors (Lipinski definition) is 5. The Morgan fingerprint density at radius 2 is 1.79 bits per heavy atom. The van der Waals surface area contributed by atoms with Crippen LogP contribution in [-0.2, 0) is 17.6 Å². The Morgan fingerprint density at radius 3 is 2.41 bits per heavy atom. The molecule has 6 nitrogen and oxygen atoms in total. The van der Waals surface area contributed by atoms with Crippen molar-refractivity contribution in [2.45, 2.75) is 43.2 Å². The normalized spacial score (nSPS) is 27.0. The minimum atomic E-state index is -1.58. The van der Waals surface area contributed by atoms with Gasteiger partial charge in [0.15, 0.2) is 6.33 Å². The fourth-order valence-electron chi connectivity index (χ4n) is 5.53. The lowest BCUT2D eigenvalue weighted by atomic mass is 9.32. The van der Waals surface area contributed by atoms with Crippen molar-refractivity contribution in [2.75, 3.05) is 0 Å². The zero-order valence-corrected chi connectivity index (χ0v) is 15.6. The highest BCUT2D eigenvalue weighted by molar-refractivity contribution is 5.41. The average Bonchev–Trinajstić information content (AvgIpc) is 3.10. The quantitative estimate of drug-likeness (QED) is 0.667. The van der Waals surface area contributed by atoms with E-state index in [4.69, 9.17) is 0 Å². The summed E-state index contributed by atoms with van der Waals surface area (Å²) in [4.78, 5) is 1.23. The SMILES string of the molecule is Oc1ccc(C23CC(CC(O)(Cn4ncnn4)c4ccc(F)cc4F)(C2)C3)cc1. The standard InChI is InChI=1S/C21H20F2N4O2/c22-15-3-6-17(18(23)7-15)21(29,12-27-25-13-24-26-27)11-19-8-20(9-19,10-19)14-1-4-16(28)5-2-14/h1-7,13,28-29H,8-12H2. The third-order valence-electron chi connectivity index (χ3n) is 6.51. The smallest absolute Gasteiger partial charge is 0.162 e. The second-order valence-electron chi connectivity index (χ2n) is 8.66. The van der Waals surface area contributed by atoms with Crippen molar-refractivity contribution in [1.29, 1.82) is 0 Å². The van der Waals surface area contributed by atoms with E-state index in [0.29, 0.717) is 6.42 Å². The topological polar surface area (TPSA) is 84.1 Å². The molecule has 0 spiro atoms. The zero-order valence-electron chi connectivity index (χ0n) is 15.6. The molecule has 0 aliphatic heterocycles. The summed E-state index contributed by atoms with van der Waals surface area (Å²) in [5.41, 5.74) is -0.429. The molecule has 1 aromatic heterocycles. The molecule has 3 saturated carbocycles. The summed E-state index contributed by atoms with van der Waals surface area (Å²) in [6, 6.07) is 10.5. The lowest BCUT2D eigenvalue weighted by Crippen LogP contribution is -2.66. The summed E-state index contributed by atoms with van der Waals surface area (Å²) >= 11 is 0. The van der Waals surface area contributed by atoms with Crippen LogP contribution in [0.4, 0.5) is 8.78 Å². The van der Waals surface area contributed by atoms with Gasteiger partial charge < -0.3 is 10.2 Å². The molecule has 0 radical (unpaired) electrons. The molecule has 1 unspecified atom stereocenters. The van der Waals surface area contributed by atoms with Crippen molar-refractivity contribution >= 4 is 0 Å². The van der Waals surface area contributed by atoms with Crippen LogP contribution in [0.3, 0.4) is 0 Å². The van der Waals surface area contributed by atoms with E-state index in [1.165, 1.54) is 22.8 Å². The van der Waals surface area contributed by atoms with Crippen LogP contribution in [0, 0.1) is 17.0 Å². The highest BCUT2D eigenvalue weighted by atomic mass is 19.1. The van der Waals surface area contributed by atoms with Crippen LogP contribution in [0.25, 0.3) is 0 Å². The van der Waals surface area contributed by atoms with E-state index in [-0.39, 0.29) is 28.7 Å². The number of benzene rings is 2. The summed E-state index contributed by atoms with van der Waals surface area (Å²) in [6.45, 7) is -0.0660. The van der Waals surface area contributed by atoms with Crippen LogP contribution in [0.15, 0.2) is 48.8 Å². The fourth-order valence-corrected chi connectivity index (χ4v) is 5.53. The van der Waals surface area contributed by atoms with Crippen LogP contribution in [0.1, 0.15) is 36.8 Å².